The lowest BCUT2D eigenvalue weighted by Crippen LogP contribution is -2.27. The van der Waals surface area contributed by atoms with Gasteiger partial charge in [0.15, 0.2) is 0 Å². The van der Waals surface area contributed by atoms with Gasteiger partial charge in [-0.2, -0.15) is 0 Å². The Hall–Kier alpha value is -0.820. The van der Waals surface area contributed by atoms with E-state index in [0.717, 1.165) is 12.5 Å². The Morgan fingerprint density at radius 3 is 2.19 bits per heavy atom. The van der Waals surface area contributed by atoms with E-state index in [0.29, 0.717) is 17.4 Å². The zero-order valence-electron chi connectivity index (χ0n) is 14.6. The number of hydrogen-bond acceptors (Lipinski definition) is 1. The second-order valence-electron chi connectivity index (χ2n) is 7.91. The molecule has 0 bridgehead atoms. The molecule has 0 amide bonds. The van der Waals surface area contributed by atoms with Crippen molar-refractivity contribution in [3.05, 3.63) is 35.4 Å². The average molecular weight is 287 g/mol. The Bertz CT molecular complexity index is 422. The first-order valence-electron chi connectivity index (χ1n) is 8.75. The minimum absolute atomic E-state index is 0.375. The topological polar surface area (TPSA) is 12.0 Å². The molecule has 0 saturated heterocycles. The quantitative estimate of drug-likeness (QED) is 0.710. The van der Waals surface area contributed by atoms with E-state index < -0.39 is 0 Å². The summed E-state index contributed by atoms with van der Waals surface area (Å²) in [6.45, 7) is 12.7. The van der Waals surface area contributed by atoms with Crippen LogP contribution in [-0.2, 0) is 0 Å². The summed E-state index contributed by atoms with van der Waals surface area (Å²) in [5.74, 6) is 1.54. The summed E-state index contributed by atoms with van der Waals surface area (Å²) in [4.78, 5) is 0. The molecule has 21 heavy (non-hydrogen) atoms. The van der Waals surface area contributed by atoms with E-state index >= 15 is 0 Å². The zero-order chi connectivity index (χ0) is 15.5. The molecular formula is C20H33N. The molecule has 118 valence electrons. The number of nitrogens with one attached hydrogen (secondary N) is 1. The van der Waals surface area contributed by atoms with E-state index in [1.165, 1.54) is 31.2 Å². The Labute approximate surface area is 131 Å². The lowest BCUT2D eigenvalue weighted by Gasteiger charge is -2.32. The smallest absolute Gasteiger partial charge is 0.0322 e. The molecule has 1 aliphatic carbocycles. The van der Waals surface area contributed by atoms with Crippen molar-refractivity contribution in [3.63, 3.8) is 0 Å². The van der Waals surface area contributed by atoms with Gasteiger partial charge in [-0.3, -0.25) is 0 Å². The Balaban J connectivity index is 2.06. The second kappa shape index (κ2) is 6.96. The highest BCUT2D eigenvalue weighted by atomic mass is 14.9. The monoisotopic (exact) mass is 287 g/mol. The van der Waals surface area contributed by atoms with Crippen LogP contribution < -0.4 is 5.32 Å². The predicted molar refractivity (Wildman–Crippen MR) is 92.7 cm³/mol. The third-order valence-corrected chi connectivity index (χ3v) is 5.43. The average Bonchev–Trinajstić information content (AvgIpc) is 2.36. The maximum absolute atomic E-state index is 3.68. The van der Waals surface area contributed by atoms with Crippen LogP contribution in [0.15, 0.2) is 24.3 Å². The van der Waals surface area contributed by atoms with Crippen LogP contribution in [0.4, 0.5) is 0 Å². The summed E-state index contributed by atoms with van der Waals surface area (Å²) in [5.41, 5.74) is 3.37. The van der Waals surface area contributed by atoms with Crippen molar-refractivity contribution in [3.8, 4) is 0 Å². The molecule has 1 N–H and O–H groups in total. The first-order chi connectivity index (χ1) is 9.91. The van der Waals surface area contributed by atoms with E-state index in [-0.39, 0.29) is 0 Å². The van der Waals surface area contributed by atoms with Crippen LogP contribution in [0.5, 0.6) is 0 Å². The highest BCUT2D eigenvalue weighted by Crippen LogP contribution is 2.37. The molecule has 1 nitrogen and oxygen atoms in total. The van der Waals surface area contributed by atoms with Crippen LogP contribution >= 0.6 is 0 Å². The minimum atomic E-state index is 0.375. The Kier molecular flexibility index (Phi) is 5.48. The highest BCUT2D eigenvalue weighted by molar-refractivity contribution is 5.28. The van der Waals surface area contributed by atoms with Crippen molar-refractivity contribution >= 4 is 0 Å². The molecule has 0 radical (unpaired) electrons. The molecule has 2 unspecified atom stereocenters. The van der Waals surface area contributed by atoms with Crippen molar-refractivity contribution in [2.24, 2.45) is 11.3 Å². The summed E-state index contributed by atoms with van der Waals surface area (Å²) >= 11 is 0. The van der Waals surface area contributed by atoms with Crippen molar-refractivity contribution in [1.82, 2.24) is 5.32 Å². The number of hydrogen-bond donors (Lipinski definition) is 1. The van der Waals surface area contributed by atoms with Gasteiger partial charge >= 0.3 is 0 Å². The van der Waals surface area contributed by atoms with Gasteiger partial charge in [0, 0.05) is 6.04 Å². The maximum atomic E-state index is 3.68. The lowest BCUT2D eigenvalue weighted by molar-refractivity contribution is 0.224. The first kappa shape index (κ1) is 16.5. The van der Waals surface area contributed by atoms with Crippen molar-refractivity contribution in [2.75, 3.05) is 6.54 Å². The standard InChI is InChI=1S/C20H33N/c1-6-21-19(14-15(2)20(3,4)5)18-12-10-17(11-13-18)16-8-7-9-16/h10-13,15-16,19,21H,6-9,14H2,1-5H3. The summed E-state index contributed by atoms with van der Waals surface area (Å²) in [6.07, 6.45) is 5.39. The fraction of sp³-hybridized carbons (Fsp3) is 0.700. The molecule has 1 heteroatoms. The maximum Gasteiger partial charge on any atom is 0.0322 e. The molecule has 0 aliphatic heterocycles. The van der Waals surface area contributed by atoms with Gasteiger partial charge in [0.1, 0.15) is 0 Å². The third kappa shape index (κ3) is 4.32. The molecule has 0 aromatic heterocycles. The molecule has 1 fully saturated rings. The van der Waals surface area contributed by atoms with Gasteiger partial charge in [-0.25, -0.2) is 0 Å². The zero-order valence-corrected chi connectivity index (χ0v) is 14.6. The van der Waals surface area contributed by atoms with E-state index in [1.807, 2.05) is 0 Å². The second-order valence-corrected chi connectivity index (χ2v) is 7.91. The van der Waals surface area contributed by atoms with Crippen LogP contribution in [-0.4, -0.2) is 6.54 Å². The van der Waals surface area contributed by atoms with E-state index in [1.54, 1.807) is 5.56 Å². The van der Waals surface area contributed by atoms with Gasteiger partial charge in [-0.1, -0.05) is 65.3 Å². The van der Waals surface area contributed by atoms with Gasteiger partial charge in [-0.05, 0) is 54.2 Å². The van der Waals surface area contributed by atoms with Crippen molar-refractivity contribution < 1.29 is 0 Å². The summed E-state index contributed by atoms with van der Waals surface area (Å²) in [6, 6.07) is 9.93. The largest absolute Gasteiger partial charge is 0.310 e. The van der Waals surface area contributed by atoms with Gasteiger partial charge in [0.2, 0.25) is 0 Å². The van der Waals surface area contributed by atoms with E-state index in [4.69, 9.17) is 0 Å². The minimum Gasteiger partial charge on any atom is -0.310 e. The Morgan fingerprint density at radius 2 is 1.76 bits per heavy atom. The first-order valence-corrected chi connectivity index (χ1v) is 8.75. The fourth-order valence-corrected chi connectivity index (χ4v) is 3.03. The van der Waals surface area contributed by atoms with Gasteiger partial charge in [-0.15, -0.1) is 0 Å². The lowest BCUT2D eigenvalue weighted by atomic mass is 9.77. The van der Waals surface area contributed by atoms with Crippen LogP contribution in [0.25, 0.3) is 0 Å². The van der Waals surface area contributed by atoms with Crippen LogP contribution in [0.1, 0.15) is 83.4 Å². The van der Waals surface area contributed by atoms with Gasteiger partial charge < -0.3 is 5.32 Å². The number of benzene rings is 1. The number of rotatable bonds is 6. The van der Waals surface area contributed by atoms with Crippen LogP contribution in [0.2, 0.25) is 0 Å². The van der Waals surface area contributed by atoms with Crippen molar-refractivity contribution in [1.29, 1.82) is 0 Å². The molecular weight excluding hydrogens is 254 g/mol. The highest BCUT2D eigenvalue weighted by Gasteiger charge is 2.24. The van der Waals surface area contributed by atoms with Crippen LogP contribution in [0.3, 0.4) is 0 Å². The fourth-order valence-electron chi connectivity index (χ4n) is 3.03. The molecule has 1 saturated carbocycles. The molecule has 1 aromatic rings. The molecule has 1 aliphatic rings. The molecule has 2 rings (SSSR count). The molecule has 0 heterocycles. The normalized spacial score (nSPS) is 19.1. The molecule has 2 atom stereocenters. The molecule has 1 aromatic carbocycles. The summed E-state index contributed by atoms with van der Waals surface area (Å²) in [5, 5.41) is 3.68. The van der Waals surface area contributed by atoms with Gasteiger partial charge in [0.05, 0.1) is 0 Å². The SMILES string of the molecule is CCNC(CC(C)C(C)(C)C)c1ccc(C2CCC2)cc1. The Morgan fingerprint density at radius 1 is 1.14 bits per heavy atom. The summed E-state index contributed by atoms with van der Waals surface area (Å²) < 4.78 is 0. The summed E-state index contributed by atoms with van der Waals surface area (Å²) in [7, 11) is 0. The van der Waals surface area contributed by atoms with E-state index in [9.17, 15) is 0 Å². The third-order valence-electron chi connectivity index (χ3n) is 5.43. The van der Waals surface area contributed by atoms with E-state index in [2.05, 4.69) is 64.2 Å². The molecule has 0 spiro atoms. The van der Waals surface area contributed by atoms with Crippen molar-refractivity contribution in [2.45, 2.75) is 72.3 Å². The van der Waals surface area contributed by atoms with Crippen LogP contribution in [0, 0.1) is 11.3 Å². The predicted octanol–water partition coefficient (Wildman–Crippen LogP) is 5.68. The van der Waals surface area contributed by atoms with Gasteiger partial charge in [0.25, 0.3) is 0 Å².